The second-order valence-electron chi connectivity index (χ2n) is 15.9. The number of nitrogens with zero attached hydrogens (tertiary/aromatic N) is 5. The van der Waals surface area contributed by atoms with E-state index >= 15 is 0 Å². The minimum absolute atomic E-state index is 0.00943. The average Bonchev–Trinajstić information content (AvgIpc) is 3.73. The van der Waals surface area contributed by atoms with Gasteiger partial charge < -0.3 is 28.7 Å². The fraction of sp³-hybridized carbons (Fsp3) is 0.315. The first-order valence-corrected chi connectivity index (χ1v) is 22.7. The topological polar surface area (TPSA) is 91.0 Å². The Hall–Kier alpha value is -6.18. The van der Waals surface area contributed by atoms with Crippen molar-refractivity contribution >= 4 is 29.5 Å². The van der Waals surface area contributed by atoms with Gasteiger partial charge in [0.15, 0.2) is 6.29 Å². The van der Waals surface area contributed by atoms with Crippen molar-refractivity contribution in [3.8, 4) is 23.1 Å². The Labute approximate surface area is 384 Å². The highest BCUT2D eigenvalue weighted by atomic mass is 35.5. The molecule has 5 aromatic carbocycles. The van der Waals surface area contributed by atoms with Crippen molar-refractivity contribution in [3.63, 3.8) is 0 Å². The summed E-state index contributed by atoms with van der Waals surface area (Å²) in [4.78, 5) is 31.5. The number of aromatic nitrogens is 1. The molecule has 64 heavy (non-hydrogen) atoms. The highest BCUT2D eigenvalue weighted by Crippen LogP contribution is 2.35. The molecule has 3 aliphatic rings. The largest absolute Gasteiger partial charge is 0.489 e. The molecule has 0 aliphatic carbocycles. The van der Waals surface area contributed by atoms with E-state index in [1.54, 1.807) is 6.07 Å². The molecule has 10 heteroatoms. The third-order valence-electron chi connectivity index (χ3n) is 11.6. The summed E-state index contributed by atoms with van der Waals surface area (Å²) in [5.41, 5.74) is 10.6. The zero-order valence-electron chi connectivity index (χ0n) is 37.6. The highest BCUT2D eigenvalue weighted by molar-refractivity contribution is 6.31. The number of hydrogen-bond donors (Lipinski definition) is 0. The van der Waals surface area contributed by atoms with Gasteiger partial charge in [0.1, 0.15) is 12.4 Å². The number of ether oxygens (including phenoxy) is 2. The van der Waals surface area contributed by atoms with Crippen molar-refractivity contribution in [1.29, 1.82) is 5.26 Å². The number of hydrogen-bond acceptors (Lipinski definition) is 7. The number of morpholine rings is 1. The molecule has 9 nitrogen and oxygen atoms in total. The maximum Gasteiger partial charge on any atom is 0.254 e. The number of carbonyl (C=O) groups excluding carboxylic acids is 2. The van der Waals surface area contributed by atoms with Gasteiger partial charge in [-0.15, -0.1) is 0 Å². The Kier molecular flexibility index (Phi) is 17.8. The molecule has 0 unspecified atom stereocenters. The molecular formula is C54H60ClN5O4. The van der Waals surface area contributed by atoms with Gasteiger partial charge in [-0.1, -0.05) is 98.2 Å². The second-order valence-corrected chi connectivity index (χ2v) is 16.3. The van der Waals surface area contributed by atoms with E-state index in [-0.39, 0.29) is 5.91 Å². The summed E-state index contributed by atoms with van der Waals surface area (Å²) in [6.07, 6.45) is 4.83. The standard InChI is InChI=1S/C25H23ClN2O2.C22H20N2O.C5H11NO.C2H6/c26-20-8-9-21(25(30)27-12-10-17-5-1-2-6-18(17)15-27)22(14-20)24-13-19(16-29)23-7-3-4-11-28(23)24;1-24(16-20-10-6-5-9-19(20)15-23)21-11-13-22(14-12-21)25-17-18-7-3-2-4-8-18;1-6-2-4-7-5-3-6;1-2/h1-2,5-6,8-9,13-14,16H,3-4,7,10-12,15H2;2-14H,16-17H2,1H3;2-5H2,1H3;1-2H3. The van der Waals surface area contributed by atoms with Crippen LogP contribution in [0.3, 0.4) is 0 Å². The molecule has 3 aliphatic heterocycles. The van der Waals surface area contributed by atoms with Gasteiger partial charge in [-0.05, 0) is 110 Å². The molecule has 4 heterocycles. The highest BCUT2D eigenvalue weighted by Gasteiger charge is 2.27. The van der Waals surface area contributed by atoms with Crippen LogP contribution < -0.4 is 9.64 Å². The van der Waals surface area contributed by atoms with Crippen LogP contribution in [0.2, 0.25) is 5.02 Å². The predicted octanol–water partition coefficient (Wildman–Crippen LogP) is 10.9. The van der Waals surface area contributed by atoms with Crippen LogP contribution in [-0.4, -0.2) is 73.5 Å². The lowest BCUT2D eigenvalue weighted by Crippen LogP contribution is -2.36. The predicted molar refractivity (Wildman–Crippen MR) is 258 cm³/mol. The number of rotatable bonds is 9. The van der Waals surface area contributed by atoms with Crippen LogP contribution in [0.4, 0.5) is 5.69 Å². The minimum Gasteiger partial charge on any atom is -0.489 e. The van der Waals surface area contributed by atoms with Gasteiger partial charge in [-0.25, -0.2) is 0 Å². The number of anilines is 1. The van der Waals surface area contributed by atoms with E-state index in [1.165, 1.54) is 11.1 Å². The zero-order valence-corrected chi connectivity index (χ0v) is 38.4. The Morgan fingerprint density at radius 3 is 2.23 bits per heavy atom. The molecule has 0 N–H and O–H groups in total. The summed E-state index contributed by atoms with van der Waals surface area (Å²) in [7, 11) is 4.14. The number of benzene rings is 5. The Balaban J connectivity index is 0.000000181. The van der Waals surface area contributed by atoms with Gasteiger partial charge >= 0.3 is 0 Å². The van der Waals surface area contributed by atoms with Crippen molar-refractivity contribution in [3.05, 3.63) is 177 Å². The van der Waals surface area contributed by atoms with Crippen molar-refractivity contribution in [1.82, 2.24) is 14.4 Å². The van der Waals surface area contributed by atoms with Gasteiger partial charge in [-0.3, -0.25) is 9.59 Å². The summed E-state index contributed by atoms with van der Waals surface area (Å²) < 4.78 is 13.1. The fourth-order valence-electron chi connectivity index (χ4n) is 8.09. The van der Waals surface area contributed by atoms with Gasteiger partial charge in [0.2, 0.25) is 0 Å². The van der Waals surface area contributed by atoms with Crippen molar-refractivity contribution in [2.24, 2.45) is 0 Å². The monoisotopic (exact) mass is 877 g/mol. The number of nitriles is 1. The number of carbonyl (C=O) groups is 2. The second kappa shape index (κ2) is 24.0. The van der Waals surface area contributed by atoms with Gasteiger partial charge in [0.25, 0.3) is 5.91 Å². The number of aldehydes is 1. The summed E-state index contributed by atoms with van der Waals surface area (Å²) >= 11 is 6.34. The van der Waals surface area contributed by atoms with Crippen molar-refractivity contribution in [2.45, 2.75) is 65.8 Å². The maximum absolute atomic E-state index is 13.6. The molecule has 6 aromatic rings. The molecule has 332 valence electrons. The number of likely N-dealkylation sites (N-methyl/N-ethyl adjacent to an activating group) is 1. The van der Waals surface area contributed by atoms with Crippen molar-refractivity contribution < 1.29 is 19.1 Å². The van der Waals surface area contributed by atoms with Gasteiger partial charge in [0.05, 0.1) is 24.8 Å². The smallest absolute Gasteiger partial charge is 0.254 e. The Morgan fingerprint density at radius 2 is 1.53 bits per heavy atom. The van der Waals surface area contributed by atoms with Gasteiger partial charge in [-0.2, -0.15) is 5.26 Å². The number of halogens is 1. The van der Waals surface area contributed by atoms with E-state index in [4.69, 9.17) is 21.1 Å². The van der Waals surface area contributed by atoms with Crippen LogP contribution in [0.1, 0.15) is 80.9 Å². The molecule has 1 fully saturated rings. The molecule has 1 saturated heterocycles. The summed E-state index contributed by atoms with van der Waals surface area (Å²) in [6, 6.07) is 43.8. The SMILES string of the molecule is CC.CN(Cc1ccccc1C#N)c1ccc(OCc2ccccc2)cc1.CN1CCOCC1.O=Cc1cc(-c2cc(Cl)ccc2C(=O)N2CCc3ccccc3C2)n2c1CCCC2. The Bertz CT molecular complexity index is 2470. The van der Waals surface area contributed by atoms with Crippen LogP contribution in [0.15, 0.2) is 127 Å². The third kappa shape index (κ3) is 12.5. The maximum atomic E-state index is 13.6. The third-order valence-corrected chi connectivity index (χ3v) is 11.9. The number of amides is 1. The van der Waals surface area contributed by atoms with E-state index in [0.29, 0.717) is 36.8 Å². The molecular weight excluding hydrogens is 818 g/mol. The van der Waals surface area contributed by atoms with Crippen LogP contribution in [-0.2, 0) is 43.8 Å². The summed E-state index contributed by atoms with van der Waals surface area (Å²) in [6.45, 7) is 11.4. The Morgan fingerprint density at radius 1 is 0.828 bits per heavy atom. The molecule has 0 radical (unpaired) electrons. The lowest BCUT2D eigenvalue weighted by Gasteiger charge is -2.30. The van der Waals surface area contributed by atoms with Crippen LogP contribution >= 0.6 is 11.6 Å². The molecule has 0 spiro atoms. The normalized spacial score (nSPS) is 14.0. The summed E-state index contributed by atoms with van der Waals surface area (Å²) in [5.74, 6) is 0.855. The molecule has 0 saturated carbocycles. The lowest BCUT2D eigenvalue weighted by molar-refractivity contribution is 0.0503. The zero-order chi connectivity index (χ0) is 45.3. The van der Waals surface area contributed by atoms with E-state index in [1.807, 2.05) is 123 Å². The number of fused-ring (bicyclic) bond motifs is 2. The first-order valence-electron chi connectivity index (χ1n) is 22.4. The van der Waals surface area contributed by atoms with E-state index in [2.05, 4.69) is 51.7 Å². The molecule has 0 bridgehead atoms. The quantitative estimate of drug-likeness (QED) is 0.134. The first kappa shape index (κ1) is 47.3. The molecule has 9 rings (SSSR count). The molecule has 1 aromatic heterocycles. The van der Waals surface area contributed by atoms with Crippen molar-refractivity contribution in [2.75, 3.05) is 51.8 Å². The van der Waals surface area contributed by atoms with Crippen LogP contribution in [0.25, 0.3) is 11.3 Å². The van der Waals surface area contributed by atoms with E-state index < -0.39 is 0 Å². The van der Waals surface area contributed by atoms with Crippen LogP contribution in [0, 0.1) is 11.3 Å². The van der Waals surface area contributed by atoms with E-state index in [9.17, 15) is 14.9 Å². The molecule has 1 amide bonds. The van der Waals surface area contributed by atoms with Crippen LogP contribution in [0.5, 0.6) is 5.75 Å². The summed E-state index contributed by atoms with van der Waals surface area (Å²) in [5, 5.41) is 9.79. The fourth-order valence-corrected chi connectivity index (χ4v) is 8.26. The average molecular weight is 879 g/mol. The van der Waals surface area contributed by atoms with Gasteiger partial charge in [0, 0.05) is 85.1 Å². The van der Waals surface area contributed by atoms with E-state index in [0.717, 1.165) is 115 Å². The molecule has 0 atom stereocenters. The first-order chi connectivity index (χ1) is 31.3. The minimum atomic E-state index is 0.00943. The lowest BCUT2D eigenvalue weighted by atomic mass is 9.97.